The summed E-state index contributed by atoms with van der Waals surface area (Å²) >= 11 is 8.15. The van der Waals surface area contributed by atoms with E-state index in [2.05, 4.69) is 43.1 Å². The number of nitrogens with one attached hydrogen (secondary N) is 2. The molecule has 0 fully saturated rings. The topological polar surface area (TPSA) is 79.9 Å². The minimum Gasteiger partial charge on any atom is -0.496 e. The fourth-order valence-electron chi connectivity index (χ4n) is 1.78. The summed E-state index contributed by atoms with van der Waals surface area (Å²) in [6.45, 7) is 0.534. The first-order valence-corrected chi connectivity index (χ1v) is 7.73. The zero-order chi connectivity index (χ0) is 15.2. The number of halogens is 2. The molecule has 2 aromatic rings. The molecule has 2 N–H and O–H groups in total. The summed E-state index contributed by atoms with van der Waals surface area (Å²) < 4.78 is 6.06. The number of rotatable bonds is 6. The highest BCUT2D eigenvalue weighted by molar-refractivity contribution is 14.1. The lowest BCUT2D eigenvalue weighted by atomic mass is 10.2. The van der Waals surface area contributed by atoms with E-state index < -0.39 is 0 Å². The van der Waals surface area contributed by atoms with Crippen LogP contribution < -0.4 is 10.1 Å². The SMILES string of the molecule is COc1cc(I)c(Cl)cc1C(=O)NCCCc1ncn[nH]1. The summed E-state index contributed by atoms with van der Waals surface area (Å²) in [7, 11) is 1.53. The van der Waals surface area contributed by atoms with Crippen molar-refractivity contribution in [3.63, 3.8) is 0 Å². The van der Waals surface area contributed by atoms with Crippen LogP contribution in [0.15, 0.2) is 18.5 Å². The van der Waals surface area contributed by atoms with E-state index in [1.54, 1.807) is 12.1 Å². The van der Waals surface area contributed by atoms with E-state index in [0.29, 0.717) is 22.9 Å². The summed E-state index contributed by atoms with van der Waals surface area (Å²) in [5, 5.41) is 9.92. The van der Waals surface area contributed by atoms with Crippen molar-refractivity contribution in [3.05, 3.63) is 38.4 Å². The maximum atomic E-state index is 12.2. The van der Waals surface area contributed by atoms with Gasteiger partial charge in [0, 0.05) is 16.5 Å². The molecule has 0 radical (unpaired) electrons. The lowest BCUT2D eigenvalue weighted by Gasteiger charge is -2.10. The summed E-state index contributed by atoms with van der Waals surface area (Å²) in [5.74, 6) is 1.11. The Kier molecular flexibility index (Phi) is 5.80. The van der Waals surface area contributed by atoms with Crippen LogP contribution in [0.5, 0.6) is 5.75 Å². The van der Waals surface area contributed by atoms with Gasteiger partial charge >= 0.3 is 0 Å². The van der Waals surface area contributed by atoms with Gasteiger partial charge in [-0.25, -0.2) is 4.98 Å². The summed E-state index contributed by atoms with van der Waals surface area (Å²) in [6, 6.07) is 3.36. The van der Waals surface area contributed by atoms with Gasteiger partial charge < -0.3 is 10.1 Å². The van der Waals surface area contributed by atoms with E-state index in [1.807, 2.05) is 0 Å². The summed E-state index contributed by atoms with van der Waals surface area (Å²) in [5.41, 5.74) is 0.433. The molecule has 1 heterocycles. The van der Waals surface area contributed by atoms with Crippen molar-refractivity contribution in [1.29, 1.82) is 0 Å². The van der Waals surface area contributed by atoms with E-state index >= 15 is 0 Å². The molecule has 0 aliphatic heterocycles. The van der Waals surface area contributed by atoms with Crippen molar-refractivity contribution in [1.82, 2.24) is 20.5 Å². The molecule has 0 unspecified atom stereocenters. The average Bonchev–Trinajstić information content (AvgIpc) is 2.99. The van der Waals surface area contributed by atoms with Crippen LogP contribution in [0.2, 0.25) is 5.02 Å². The Balaban J connectivity index is 1.92. The number of benzene rings is 1. The summed E-state index contributed by atoms with van der Waals surface area (Å²) in [4.78, 5) is 16.2. The number of methoxy groups -OCH3 is 1. The second kappa shape index (κ2) is 7.60. The molecule has 1 aromatic carbocycles. The maximum Gasteiger partial charge on any atom is 0.255 e. The van der Waals surface area contributed by atoms with Gasteiger partial charge in [0.2, 0.25) is 0 Å². The number of aryl methyl sites for hydroxylation is 1. The number of amides is 1. The number of aromatic nitrogens is 3. The molecule has 2 rings (SSSR count). The second-order valence-electron chi connectivity index (χ2n) is 4.26. The minimum atomic E-state index is -0.206. The van der Waals surface area contributed by atoms with Crippen LogP contribution in [-0.2, 0) is 6.42 Å². The number of carbonyl (C=O) groups excluding carboxylic acids is 1. The van der Waals surface area contributed by atoms with Gasteiger partial charge in [-0.2, -0.15) is 5.10 Å². The standard InChI is InChI=1S/C13H14ClIN4O2/c1-21-11-6-10(15)9(14)5-8(11)13(20)16-4-2-3-12-17-7-18-19-12/h5-7H,2-4H2,1H3,(H,16,20)(H,17,18,19). The average molecular weight is 421 g/mol. The Bertz CT molecular complexity index is 619. The fourth-order valence-corrected chi connectivity index (χ4v) is 2.38. The van der Waals surface area contributed by atoms with Crippen molar-refractivity contribution in [2.45, 2.75) is 12.8 Å². The number of nitrogens with zero attached hydrogens (tertiary/aromatic N) is 2. The van der Waals surface area contributed by atoms with E-state index in [0.717, 1.165) is 22.2 Å². The lowest BCUT2D eigenvalue weighted by molar-refractivity contribution is 0.0950. The third-order valence-corrected chi connectivity index (χ3v) is 4.35. The van der Waals surface area contributed by atoms with E-state index in [9.17, 15) is 4.79 Å². The molecule has 0 aliphatic carbocycles. The van der Waals surface area contributed by atoms with Gasteiger partial charge in [0.25, 0.3) is 5.91 Å². The van der Waals surface area contributed by atoms with Crippen LogP contribution in [0.1, 0.15) is 22.6 Å². The Morgan fingerprint density at radius 2 is 2.33 bits per heavy atom. The number of hydrogen-bond donors (Lipinski definition) is 2. The van der Waals surface area contributed by atoms with Crippen molar-refractivity contribution in [3.8, 4) is 5.75 Å². The third-order valence-electron chi connectivity index (χ3n) is 2.83. The molecule has 0 spiro atoms. The largest absolute Gasteiger partial charge is 0.496 e. The number of aromatic amines is 1. The number of H-pyrrole nitrogens is 1. The van der Waals surface area contributed by atoms with Crippen molar-refractivity contribution in [2.24, 2.45) is 0 Å². The highest BCUT2D eigenvalue weighted by Crippen LogP contribution is 2.28. The van der Waals surface area contributed by atoms with Crippen LogP contribution in [0.25, 0.3) is 0 Å². The van der Waals surface area contributed by atoms with Crippen molar-refractivity contribution < 1.29 is 9.53 Å². The van der Waals surface area contributed by atoms with Gasteiger partial charge in [-0.1, -0.05) is 11.6 Å². The van der Waals surface area contributed by atoms with Crippen molar-refractivity contribution >= 4 is 40.1 Å². The second-order valence-corrected chi connectivity index (χ2v) is 5.83. The monoisotopic (exact) mass is 420 g/mol. The molecule has 6 nitrogen and oxygen atoms in total. The normalized spacial score (nSPS) is 10.4. The Hall–Kier alpha value is -1.35. The van der Waals surface area contributed by atoms with Crippen LogP contribution in [0.3, 0.4) is 0 Å². The van der Waals surface area contributed by atoms with E-state index in [4.69, 9.17) is 16.3 Å². The van der Waals surface area contributed by atoms with Gasteiger partial charge in [0.15, 0.2) is 0 Å². The maximum absolute atomic E-state index is 12.2. The molecule has 0 bridgehead atoms. The first-order valence-electron chi connectivity index (χ1n) is 6.27. The molecule has 0 atom stereocenters. The molecule has 21 heavy (non-hydrogen) atoms. The number of ether oxygens (including phenoxy) is 1. The van der Waals surface area contributed by atoms with Crippen molar-refractivity contribution in [2.75, 3.05) is 13.7 Å². The van der Waals surface area contributed by atoms with Crippen LogP contribution >= 0.6 is 34.2 Å². The molecular weight excluding hydrogens is 407 g/mol. The van der Waals surface area contributed by atoms with Gasteiger partial charge in [0.05, 0.1) is 17.7 Å². The zero-order valence-corrected chi connectivity index (χ0v) is 14.2. The lowest BCUT2D eigenvalue weighted by Crippen LogP contribution is -2.25. The first-order chi connectivity index (χ1) is 10.1. The Labute approximate surface area is 140 Å². The van der Waals surface area contributed by atoms with Gasteiger partial charge in [-0.15, -0.1) is 0 Å². The predicted octanol–water partition coefficient (Wildman–Crippen LogP) is 2.43. The number of hydrogen-bond acceptors (Lipinski definition) is 4. The highest BCUT2D eigenvalue weighted by Gasteiger charge is 2.14. The third kappa shape index (κ3) is 4.31. The van der Waals surface area contributed by atoms with Gasteiger partial charge in [-0.3, -0.25) is 9.89 Å². The molecule has 0 aliphatic rings. The molecule has 1 aromatic heterocycles. The Morgan fingerprint density at radius 3 is 3.00 bits per heavy atom. The molecule has 112 valence electrons. The quantitative estimate of drug-likeness (QED) is 0.556. The predicted molar refractivity (Wildman–Crippen MR) is 87.8 cm³/mol. The first kappa shape index (κ1) is 16.0. The molecule has 1 amide bonds. The van der Waals surface area contributed by atoms with Gasteiger partial charge in [-0.05, 0) is 41.1 Å². The van der Waals surface area contributed by atoms with Crippen LogP contribution in [0, 0.1) is 3.57 Å². The molecule has 0 saturated heterocycles. The molecular formula is C13H14ClIN4O2. The van der Waals surface area contributed by atoms with Gasteiger partial charge in [0.1, 0.15) is 17.9 Å². The van der Waals surface area contributed by atoms with Crippen LogP contribution in [-0.4, -0.2) is 34.7 Å². The Morgan fingerprint density at radius 1 is 1.52 bits per heavy atom. The van der Waals surface area contributed by atoms with E-state index in [-0.39, 0.29) is 5.91 Å². The van der Waals surface area contributed by atoms with E-state index in [1.165, 1.54) is 13.4 Å². The summed E-state index contributed by atoms with van der Waals surface area (Å²) in [6.07, 6.45) is 2.96. The minimum absolute atomic E-state index is 0.206. The molecule has 0 saturated carbocycles. The van der Waals surface area contributed by atoms with Crippen LogP contribution in [0.4, 0.5) is 0 Å². The fraction of sp³-hybridized carbons (Fsp3) is 0.308. The zero-order valence-electron chi connectivity index (χ0n) is 11.3. The highest BCUT2D eigenvalue weighted by atomic mass is 127. The molecule has 8 heteroatoms. The smallest absolute Gasteiger partial charge is 0.255 e. The number of carbonyl (C=O) groups is 1.